The number of aromatic nitrogens is 1. The normalized spacial score (nSPS) is 25.1. The minimum absolute atomic E-state index is 0.0695. The molecule has 3 aromatic rings. The topological polar surface area (TPSA) is 117 Å². The number of nitrogens with one attached hydrogen (secondary N) is 2. The van der Waals surface area contributed by atoms with E-state index in [1.54, 1.807) is 24.5 Å². The lowest BCUT2D eigenvalue weighted by Crippen LogP contribution is -2.64. The third-order valence-corrected chi connectivity index (χ3v) is 9.32. The monoisotopic (exact) mass is 492 g/mol. The van der Waals surface area contributed by atoms with E-state index in [9.17, 15) is 15.3 Å². The van der Waals surface area contributed by atoms with Gasteiger partial charge in [0.1, 0.15) is 0 Å². The van der Waals surface area contributed by atoms with Crippen LogP contribution in [0.25, 0.3) is 21.0 Å². The van der Waals surface area contributed by atoms with Gasteiger partial charge >= 0.3 is 0 Å². The number of allylic oxidation sites excluding steroid dienone is 3. The Hall–Kier alpha value is -4.01. The maximum absolute atomic E-state index is 13.7. The van der Waals surface area contributed by atoms with Crippen LogP contribution >= 0.6 is 11.3 Å². The summed E-state index contributed by atoms with van der Waals surface area (Å²) in [5, 5.41) is 32.7. The molecule has 0 bridgehead atoms. The number of carbonyl (C=O) groups excluding carboxylic acids is 1. The highest BCUT2D eigenvalue weighted by Gasteiger charge is 2.51. The molecular weight excluding hydrogens is 468 g/mol. The summed E-state index contributed by atoms with van der Waals surface area (Å²) in [6, 6.07) is 12.2. The van der Waals surface area contributed by atoms with Crippen LogP contribution in [0.15, 0.2) is 53.8 Å². The number of guanidine groups is 1. The van der Waals surface area contributed by atoms with Gasteiger partial charge in [-0.1, -0.05) is 17.7 Å². The number of rotatable bonds is 3. The number of fused-ring (bicyclic) bond motifs is 3. The van der Waals surface area contributed by atoms with Gasteiger partial charge in [0, 0.05) is 28.9 Å². The molecule has 178 valence electrons. The number of carbonyl (C=O) groups is 1. The fourth-order valence-electron chi connectivity index (χ4n) is 5.64. The van der Waals surface area contributed by atoms with Crippen LogP contribution in [0.4, 0.5) is 0 Å². The Balaban J connectivity index is 1.49. The molecule has 2 N–H and O–H groups in total. The van der Waals surface area contributed by atoms with Gasteiger partial charge in [-0.15, -0.1) is 11.3 Å². The van der Waals surface area contributed by atoms with Crippen molar-refractivity contribution in [3.05, 3.63) is 64.2 Å². The fourth-order valence-corrected chi connectivity index (χ4v) is 6.82. The highest BCUT2D eigenvalue weighted by atomic mass is 32.1. The average Bonchev–Trinajstić information content (AvgIpc) is 3.56. The van der Waals surface area contributed by atoms with Crippen LogP contribution in [0.3, 0.4) is 0 Å². The second kappa shape index (κ2) is 7.74. The molecule has 2 fully saturated rings. The zero-order valence-electron chi connectivity index (χ0n) is 20.1. The summed E-state index contributed by atoms with van der Waals surface area (Å²) in [5.74, 6) is -0.536. The molecule has 1 amide bonds. The lowest BCUT2D eigenvalue weighted by Gasteiger charge is -2.46. The van der Waals surface area contributed by atoms with Crippen molar-refractivity contribution >= 4 is 44.2 Å². The molecule has 3 heterocycles. The number of amides is 1. The van der Waals surface area contributed by atoms with Crippen molar-refractivity contribution in [2.45, 2.75) is 38.1 Å². The number of nitriles is 2. The van der Waals surface area contributed by atoms with E-state index in [2.05, 4.69) is 34.6 Å². The molecular formula is C28H24N6OS. The Labute approximate surface area is 212 Å². The molecule has 3 aliphatic rings. The number of thiophene rings is 1. The molecule has 1 saturated heterocycles. The Morgan fingerprint density at radius 2 is 2.00 bits per heavy atom. The lowest BCUT2D eigenvalue weighted by molar-refractivity contribution is -0.133. The molecule has 36 heavy (non-hydrogen) atoms. The minimum Gasteiger partial charge on any atom is -0.345 e. The van der Waals surface area contributed by atoms with Crippen LogP contribution in [0.1, 0.15) is 43.0 Å². The smallest absolute Gasteiger partial charge is 0.238 e. The Morgan fingerprint density at radius 3 is 2.67 bits per heavy atom. The molecule has 2 atom stereocenters. The summed E-state index contributed by atoms with van der Waals surface area (Å²) >= 11 is 1.56. The minimum atomic E-state index is -0.826. The predicted molar refractivity (Wildman–Crippen MR) is 139 cm³/mol. The Bertz CT molecular complexity index is 1630. The summed E-state index contributed by atoms with van der Waals surface area (Å²) in [6.07, 6.45) is 9.24. The summed E-state index contributed by atoms with van der Waals surface area (Å²) in [7, 11) is 1.63. The molecule has 7 nitrogen and oxygen atoms in total. The zero-order chi connectivity index (χ0) is 25.2. The van der Waals surface area contributed by atoms with Crippen molar-refractivity contribution < 1.29 is 4.79 Å². The molecule has 0 radical (unpaired) electrons. The average molecular weight is 493 g/mol. The number of benzene rings is 1. The van der Waals surface area contributed by atoms with Crippen LogP contribution in [-0.2, 0) is 10.3 Å². The van der Waals surface area contributed by atoms with Gasteiger partial charge in [0.2, 0.25) is 5.91 Å². The van der Waals surface area contributed by atoms with Crippen LogP contribution < -0.4 is 5.32 Å². The molecule has 1 saturated carbocycles. The predicted octanol–water partition coefficient (Wildman–Crippen LogP) is 5.10. The van der Waals surface area contributed by atoms with Gasteiger partial charge in [-0.05, 0) is 62.4 Å². The molecule has 0 unspecified atom stereocenters. The highest BCUT2D eigenvalue weighted by Crippen LogP contribution is 2.54. The van der Waals surface area contributed by atoms with Gasteiger partial charge in [0.25, 0.3) is 0 Å². The first-order valence-corrected chi connectivity index (χ1v) is 12.8. The van der Waals surface area contributed by atoms with E-state index < -0.39 is 11.5 Å². The number of hydrogen-bond acceptors (Lipinski definition) is 6. The second-order valence-electron chi connectivity index (χ2n) is 10.1. The van der Waals surface area contributed by atoms with E-state index in [0.29, 0.717) is 12.0 Å². The first-order chi connectivity index (χ1) is 17.3. The van der Waals surface area contributed by atoms with Crippen LogP contribution in [0.2, 0.25) is 0 Å². The van der Waals surface area contributed by atoms with Crippen LogP contribution in [-0.4, -0.2) is 28.8 Å². The zero-order valence-corrected chi connectivity index (χ0v) is 20.9. The van der Waals surface area contributed by atoms with Crippen molar-refractivity contribution in [2.75, 3.05) is 7.05 Å². The van der Waals surface area contributed by atoms with E-state index in [1.807, 2.05) is 31.3 Å². The summed E-state index contributed by atoms with van der Waals surface area (Å²) in [6.45, 7) is 2.00. The Morgan fingerprint density at radius 1 is 1.19 bits per heavy atom. The van der Waals surface area contributed by atoms with E-state index >= 15 is 0 Å². The molecule has 1 aliphatic heterocycles. The van der Waals surface area contributed by atoms with E-state index in [4.69, 9.17) is 5.41 Å². The molecule has 2 aromatic heterocycles. The highest BCUT2D eigenvalue weighted by molar-refractivity contribution is 7.19. The lowest BCUT2D eigenvalue weighted by atomic mass is 9.73. The van der Waals surface area contributed by atoms with Crippen molar-refractivity contribution in [1.29, 1.82) is 15.9 Å². The van der Waals surface area contributed by atoms with E-state index in [0.717, 1.165) is 50.7 Å². The van der Waals surface area contributed by atoms with Gasteiger partial charge in [0.15, 0.2) is 5.96 Å². The van der Waals surface area contributed by atoms with Gasteiger partial charge in [-0.3, -0.25) is 20.1 Å². The first kappa shape index (κ1) is 22.5. The van der Waals surface area contributed by atoms with E-state index in [1.165, 1.54) is 10.5 Å². The van der Waals surface area contributed by atoms with Crippen LogP contribution in [0, 0.1) is 39.4 Å². The molecule has 1 aromatic carbocycles. The van der Waals surface area contributed by atoms with E-state index in [-0.39, 0.29) is 17.3 Å². The summed E-state index contributed by atoms with van der Waals surface area (Å²) < 4.78 is 0.969. The molecule has 2 aliphatic carbocycles. The maximum atomic E-state index is 13.7. The van der Waals surface area contributed by atoms with Gasteiger partial charge < -0.3 is 5.32 Å². The van der Waals surface area contributed by atoms with Gasteiger partial charge in [-0.25, -0.2) is 0 Å². The SMILES string of the molecule is CN1C(=N)N[C@](C)(c2cc3c(cnc4ccc(C#N)cc43)s2)[C@H](C2=CC=C(C3(C#N)CC3)CC2)C1=O. The third-order valence-electron chi connectivity index (χ3n) is 8.01. The molecule has 8 heteroatoms. The van der Waals surface area contributed by atoms with Crippen LogP contribution in [0.5, 0.6) is 0 Å². The van der Waals surface area contributed by atoms with Gasteiger partial charge in [0.05, 0.1) is 44.8 Å². The van der Waals surface area contributed by atoms with Crippen molar-refractivity contribution in [1.82, 2.24) is 15.2 Å². The number of hydrogen-bond donors (Lipinski definition) is 2. The third kappa shape index (κ3) is 3.18. The number of pyridine rings is 1. The standard InChI is InChI=1S/C28H24N6OS/c1-27(23-12-20-19-11-16(13-29)3-8-21(19)32-14-22(20)36-23)24(25(35)34(2)26(31)33-27)17-4-6-18(7-5-17)28(15-30)9-10-28/h3-4,6,8,11-12,14,24H,5,7,9-10H2,1-2H3,(H2,31,33)/t24-,27-/m1/s1. The first-order valence-electron chi connectivity index (χ1n) is 12.0. The van der Waals surface area contributed by atoms with Crippen molar-refractivity contribution in [3.8, 4) is 12.1 Å². The van der Waals surface area contributed by atoms with Gasteiger partial charge in [-0.2, -0.15) is 10.5 Å². The molecule has 6 rings (SSSR count). The Kier molecular flexibility index (Phi) is 4.83. The number of nitrogens with zero attached hydrogens (tertiary/aromatic N) is 4. The maximum Gasteiger partial charge on any atom is 0.238 e. The largest absolute Gasteiger partial charge is 0.345 e. The van der Waals surface area contributed by atoms with Crippen molar-refractivity contribution in [3.63, 3.8) is 0 Å². The quantitative estimate of drug-likeness (QED) is 0.528. The second-order valence-corrected chi connectivity index (χ2v) is 11.2. The molecule has 0 spiro atoms. The fraction of sp³-hybridized carbons (Fsp3) is 0.321. The summed E-state index contributed by atoms with van der Waals surface area (Å²) in [5.41, 5.74) is 2.43. The van der Waals surface area contributed by atoms with Crippen molar-refractivity contribution in [2.24, 2.45) is 11.3 Å². The summed E-state index contributed by atoms with van der Waals surface area (Å²) in [4.78, 5) is 20.6.